The van der Waals surface area contributed by atoms with Crippen LogP contribution in [0.3, 0.4) is 0 Å². The Balaban J connectivity index is -0.00000000750. The zero-order valence-corrected chi connectivity index (χ0v) is 8.50. The molecule has 0 aromatic heterocycles. The van der Waals surface area contributed by atoms with Crippen LogP contribution in [0.5, 0.6) is 0 Å². The van der Waals surface area contributed by atoms with E-state index in [0.717, 1.165) is 0 Å². The second-order valence-electron chi connectivity index (χ2n) is 0.250. The van der Waals surface area contributed by atoms with Gasteiger partial charge in [-0.3, -0.25) is 0 Å². The van der Waals surface area contributed by atoms with Crippen LogP contribution in [-0.2, 0) is 5.48 Å². The Kier molecular flexibility index (Phi) is 99.6. The van der Waals surface area contributed by atoms with Crippen LogP contribution in [0.1, 0.15) is 0 Å². The Hall–Kier alpha value is 1.53. The van der Waals surface area contributed by atoms with Crippen LogP contribution < -0.4 is 10.2 Å². The average Bonchev–Trinajstić information content (AvgIpc) is 0.811. The molecule has 0 fully saturated rings. The SMILES string of the molecule is O=C([O-])[O-].[Mg+2].[Mg+2].[Mg+2].[O-2]. The molecule has 0 atom stereocenters. The van der Waals surface area contributed by atoms with E-state index in [1.54, 1.807) is 0 Å². The van der Waals surface area contributed by atoms with Gasteiger partial charge in [-0.15, -0.1) is 0 Å². The molecule has 0 aliphatic rings. The van der Waals surface area contributed by atoms with Gasteiger partial charge < -0.3 is 20.5 Å². The van der Waals surface area contributed by atoms with Gasteiger partial charge in [0.2, 0.25) is 0 Å². The van der Waals surface area contributed by atoms with E-state index in [4.69, 9.17) is 15.0 Å². The smallest absolute Gasteiger partial charge is 2.00 e. The van der Waals surface area contributed by atoms with Gasteiger partial charge in [0.1, 0.15) is 0 Å². The summed E-state index contributed by atoms with van der Waals surface area (Å²) in [5.41, 5.74) is 0. The van der Waals surface area contributed by atoms with Crippen LogP contribution in [0.2, 0.25) is 0 Å². The Morgan fingerprint density at radius 3 is 1.00 bits per heavy atom. The van der Waals surface area contributed by atoms with Crippen LogP contribution in [0.15, 0.2) is 0 Å². The van der Waals surface area contributed by atoms with Crippen molar-refractivity contribution in [2.75, 3.05) is 0 Å². The summed E-state index contributed by atoms with van der Waals surface area (Å²) in [5.74, 6) is 0. The van der Waals surface area contributed by atoms with Crippen molar-refractivity contribution in [3.8, 4) is 0 Å². The predicted molar refractivity (Wildman–Crippen MR) is 23.3 cm³/mol. The molecule has 0 spiro atoms. The minimum absolute atomic E-state index is 0. The van der Waals surface area contributed by atoms with E-state index in [0.29, 0.717) is 0 Å². The molecule has 0 aromatic rings. The second kappa shape index (κ2) is 23.6. The number of carbonyl (C=O) groups is 1. The zero-order valence-electron chi connectivity index (χ0n) is 4.25. The third-order valence-corrected chi connectivity index (χ3v) is 0. The molecule has 7 heteroatoms. The molecule has 0 radical (unpaired) electrons. The number of carbonyl (C=O) groups excluding carboxylic acids is 1. The molecule has 4 nitrogen and oxygen atoms in total. The zero-order chi connectivity index (χ0) is 3.58. The van der Waals surface area contributed by atoms with E-state index < -0.39 is 6.16 Å². The topological polar surface area (TPSA) is 91.7 Å². The Bertz CT molecular complexity index is 34.3. The van der Waals surface area contributed by atoms with Gasteiger partial charge in [0.25, 0.3) is 0 Å². The number of rotatable bonds is 0. The summed E-state index contributed by atoms with van der Waals surface area (Å²) in [6, 6.07) is 0. The van der Waals surface area contributed by atoms with Gasteiger partial charge in [-0.25, -0.2) is 0 Å². The third-order valence-electron chi connectivity index (χ3n) is 0. The minimum atomic E-state index is -2.33. The second-order valence-corrected chi connectivity index (χ2v) is 0.250. The van der Waals surface area contributed by atoms with Crippen molar-refractivity contribution in [2.45, 2.75) is 0 Å². The van der Waals surface area contributed by atoms with Crippen molar-refractivity contribution >= 4 is 75.3 Å². The van der Waals surface area contributed by atoms with Gasteiger partial charge >= 0.3 is 69.2 Å². The average molecular weight is 149 g/mol. The fraction of sp³-hybridized carbons (Fsp3) is 0. The van der Waals surface area contributed by atoms with Crippen LogP contribution in [0.25, 0.3) is 0 Å². The molecule has 0 bridgehead atoms. The Labute approximate surface area is 94.8 Å². The van der Waals surface area contributed by atoms with Crippen molar-refractivity contribution in [1.29, 1.82) is 0 Å². The monoisotopic (exact) mass is 148 g/mol. The van der Waals surface area contributed by atoms with Crippen molar-refractivity contribution in [2.24, 2.45) is 0 Å². The fourth-order valence-electron chi connectivity index (χ4n) is 0. The van der Waals surface area contributed by atoms with E-state index in [1.165, 1.54) is 0 Å². The van der Waals surface area contributed by atoms with Crippen molar-refractivity contribution in [3.05, 3.63) is 0 Å². The summed E-state index contributed by atoms with van der Waals surface area (Å²) in [4.78, 5) is 8.33. The minimum Gasteiger partial charge on any atom is -2.00 e. The molecule has 0 saturated heterocycles. The molecule has 0 saturated carbocycles. The van der Waals surface area contributed by atoms with E-state index in [-0.39, 0.29) is 74.6 Å². The number of hydrogen-bond donors (Lipinski definition) is 0. The van der Waals surface area contributed by atoms with Gasteiger partial charge in [0, 0.05) is 0 Å². The van der Waals surface area contributed by atoms with Crippen LogP contribution in [-0.4, -0.2) is 75.3 Å². The first-order valence-corrected chi connectivity index (χ1v) is 0.612. The molecule has 0 aliphatic carbocycles. The van der Waals surface area contributed by atoms with E-state index in [9.17, 15) is 0 Å². The number of carboxylic acid groups (broad SMARTS) is 2. The molecule has 0 rings (SSSR count). The van der Waals surface area contributed by atoms with Gasteiger partial charge in [-0.1, -0.05) is 0 Å². The molecule has 0 N–H and O–H groups in total. The maximum atomic E-state index is 8.33. The largest absolute Gasteiger partial charge is 2.00 e. The summed E-state index contributed by atoms with van der Waals surface area (Å²) in [7, 11) is 0. The van der Waals surface area contributed by atoms with Gasteiger partial charge in [0.05, 0.1) is 0 Å². The maximum absolute atomic E-state index is 8.33. The van der Waals surface area contributed by atoms with Crippen molar-refractivity contribution < 1.29 is 20.5 Å². The summed E-state index contributed by atoms with van der Waals surface area (Å²) in [6.45, 7) is 0. The first kappa shape index (κ1) is 33.8. The molecule has 32 valence electrons. The van der Waals surface area contributed by atoms with E-state index in [2.05, 4.69) is 0 Å². The first-order valence-electron chi connectivity index (χ1n) is 0.612. The Morgan fingerprint density at radius 1 is 1.00 bits per heavy atom. The van der Waals surface area contributed by atoms with E-state index >= 15 is 0 Å². The predicted octanol–water partition coefficient (Wildman–Crippen LogP) is -3.71. The summed E-state index contributed by atoms with van der Waals surface area (Å²) < 4.78 is 0. The normalized spacial score (nSPS) is 3.00. The van der Waals surface area contributed by atoms with Gasteiger partial charge in [-0.2, -0.15) is 0 Å². The number of hydrogen-bond acceptors (Lipinski definition) is 3. The van der Waals surface area contributed by atoms with E-state index in [1.807, 2.05) is 0 Å². The third kappa shape index (κ3) is 137. The molecule has 0 aromatic carbocycles. The molecule has 0 heterocycles. The quantitative estimate of drug-likeness (QED) is 0.331. The standard InChI is InChI=1S/CH2O3.3Mg.O/c2-1(3)4;;;;/h(H2,2,3,4);;;;/q;3*+2;-2/p-2. The molecular weight excluding hydrogens is 149 g/mol. The fourth-order valence-corrected chi connectivity index (χ4v) is 0. The van der Waals surface area contributed by atoms with Crippen LogP contribution in [0.4, 0.5) is 4.79 Å². The Morgan fingerprint density at radius 2 is 1.00 bits per heavy atom. The molecule has 0 amide bonds. The summed E-state index contributed by atoms with van der Waals surface area (Å²) in [6.07, 6.45) is -2.33. The summed E-state index contributed by atoms with van der Waals surface area (Å²) >= 11 is 0. The van der Waals surface area contributed by atoms with Crippen molar-refractivity contribution in [1.82, 2.24) is 0 Å². The molecule has 0 unspecified atom stereocenters. The molecule has 8 heavy (non-hydrogen) atoms. The van der Waals surface area contributed by atoms with Gasteiger partial charge in [0.15, 0.2) is 0 Å². The van der Waals surface area contributed by atoms with Gasteiger partial charge in [-0.05, 0) is 6.16 Å². The van der Waals surface area contributed by atoms with Crippen molar-refractivity contribution in [3.63, 3.8) is 0 Å². The first-order chi connectivity index (χ1) is 1.73. The van der Waals surface area contributed by atoms with Crippen LogP contribution >= 0.6 is 0 Å². The van der Waals surface area contributed by atoms with Crippen LogP contribution in [0, 0.1) is 0 Å². The summed E-state index contributed by atoms with van der Waals surface area (Å²) in [5, 5.41) is 16.7. The molecule has 0 aliphatic heterocycles. The maximum Gasteiger partial charge on any atom is 2.00 e. The molecular formula is CMg3O4+2.